The van der Waals surface area contributed by atoms with E-state index in [9.17, 15) is 9.59 Å². The number of esters is 2. The quantitative estimate of drug-likeness (QED) is 0.0534. The molecule has 0 saturated heterocycles. The van der Waals surface area contributed by atoms with Gasteiger partial charge in [0.2, 0.25) is 0 Å². The number of benzene rings is 6. The molecule has 90 heavy (non-hydrogen) atoms. The Labute approximate surface area is 558 Å². The topological polar surface area (TPSA) is 130 Å². The van der Waals surface area contributed by atoms with Crippen LogP contribution in [0.5, 0.6) is 11.5 Å². The van der Waals surface area contributed by atoms with Crippen molar-refractivity contribution in [3.05, 3.63) is 328 Å². The second-order valence-corrected chi connectivity index (χ2v) is 19.1. The van der Waals surface area contributed by atoms with Gasteiger partial charge in [-0.05, 0) is 97.8 Å². The molecule has 10 nitrogen and oxygen atoms in total. The van der Waals surface area contributed by atoms with Crippen molar-refractivity contribution in [2.75, 3.05) is 0 Å². The van der Waals surface area contributed by atoms with E-state index in [-0.39, 0.29) is 46.2 Å². The van der Waals surface area contributed by atoms with Crippen LogP contribution in [0, 0.1) is 41.8 Å². The maximum atomic E-state index is 12.1. The first kappa shape index (κ1) is 72.7. The number of hydrogen-bond donors (Lipinski definition) is 0. The summed E-state index contributed by atoms with van der Waals surface area (Å²) in [6.07, 6.45) is 11.3. The Morgan fingerprint density at radius 2 is 0.633 bits per heavy atom. The maximum Gasteiger partial charge on any atom is 3.00 e. The van der Waals surface area contributed by atoms with Crippen LogP contribution in [-0.2, 0) is 49.8 Å². The molecule has 0 N–H and O–H groups in total. The smallest absolute Gasteiger partial charge is 0.446 e. The number of ether oxygens (including phenoxy) is 2. The van der Waals surface area contributed by atoms with Gasteiger partial charge in [-0.2, -0.15) is 0 Å². The van der Waals surface area contributed by atoms with Crippen molar-refractivity contribution in [1.29, 1.82) is 0 Å². The molecular formula is C78H68Ir2N6O4. The summed E-state index contributed by atoms with van der Waals surface area (Å²) in [5.74, 6) is 0.324. The Morgan fingerprint density at radius 1 is 0.378 bits per heavy atom. The van der Waals surface area contributed by atoms with Gasteiger partial charge in [-0.15, -0.1) is 203 Å². The van der Waals surface area contributed by atoms with Crippen LogP contribution < -0.4 is 9.47 Å². The van der Waals surface area contributed by atoms with Gasteiger partial charge >= 0.3 is 52.1 Å². The number of carbonyl (C=O) groups excluding carboxylic acids is 2. The van der Waals surface area contributed by atoms with Gasteiger partial charge in [-0.3, -0.25) is 4.79 Å². The second kappa shape index (κ2) is 41.4. The number of pyridine rings is 6. The molecule has 0 amide bonds. The summed E-state index contributed by atoms with van der Waals surface area (Å²) in [5, 5.41) is 0. The van der Waals surface area contributed by atoms with Crippen molar-refractivity contribution >= 4 is 11.9 Å². The minimum absolute atomic E-state index is 0. The first-order chi connectivity index (χ1) is 43.1. The standard InChI is InChI=1S/C17H18NO2.C15H12NO2.4C11H8N.C2H6.2Ir/c1-4-17(2,3)16(19)20-14-9-7-8-13(12-14)15-10-5-6-11-18-15;1-11(2)15(17)18-13-7-5-6-12(10-13)14-8-3-4-9-16-14;4*1-2-6-10(7-3-1)11-8-4-5-9-12-11;1-2;;/h5-7,9-12H,4H2,1-3H3;3-5,7-10H,1H2,2H3;4*1-6,8-9H;1-2H3;;/q6*-1;;2*+3. The van der Waals surface area contributed by atoms with Gasteiger partial charge in [0.15, 0.2) is 0 Å². The molecule has 0 atom stereocenters. The van der Waals surface area contributed by atoms with Crippen LogP contribution in [0.2, 0.25) is 0 Å². The third-order valence-corrected chi connectivity index (χ3v) is 12.2. The van der Waals surface area contributed by atoms with Gasteiger partial charge < -0.3 is 39.4 Å². The normalized spacial score (nSPS) is 9.67. The van der Waals surface area contributed by atoms with Crippen LogP contribution in [0.4, 0.5) is 0 Å². The van der Waals surface area contributed by atoms with E-state index in [0.29, 0.717) is 17.1 Å². The number of nitrogens with zero attached hydrogens (tertiary/aromatic N) is 6. The maximum absolute atomic E-state index is 12.1. The molecule has 6 aromatic heterocycles. The molecule has 0 saturated carbocycles. The molecule has 0 spiro atoms. The average Bonchev–Trinajstić information content (AvgIpc) is 3.67. The fourth-order valence-electron chi connectivity index (χ4n) is 7.24. The van der Waals surface area contributed by atoms with Crippen molar-refractivity contribution in [1.82, 2.24) is 29.9 Å². The Morgan fingerprint density at radius 3 is 0.867 bits per heavy atom. The fraction of sp³-hybridized carbons (Fsp3) is 0.103. The molecule has 0 radical (unpaired) electrons. The predicted molar refractivity (Wildman–Crippen MR) is 353 cm³/mol. The molecule has 12 heteroatoms. The number of aromatic nitrogens is 6. The molecule has 6 heterocycles. The van der Waals surface area contributed by atoms with E-state index in [4.69, 9.17) is 9.47 Å². The minimum Gasteiger partial charge on any atom is -0.446 e. The number of hydrogen-bond acceptors (Lipinski definition) is 10. The summed E-state index contributed by atoms with van der Waals surface area (Å²) in [7, 11) is 0. The van der Waals surface area contributed by atoms with Gasteiger partial charge in [0.05, 0.1) is 16.9 Å². The molecular weight excluding hydrogens is 1470 g/mol. The average molecular weight is 1540 g/mol. The van der Waals surface area contributed by atoms with Crippen molar-refractivity contribution in [2.24, 2.45) is 5.41 Å². The molecule has 0 fully saturated rings. The van der Waals surface area contributed by atoms with E-state index < -0.39 is 11.4 Å². The monoisotopic (exact) mass is 1540 g/mol. The fourth-order valence-corrected chi connectivity index (χ4v) is 7.24. The zero-order valence-electron chi connectivity index (χ0n) is 51.0. The van der Waals surface area contributed by atoms with Gasteiger partial charge in [-0.1, -0.05) is 100 Å². The third-order valence-electron chi connectivity index (χ3n) is 12.2. The summed E-state index contributed by atoms with van der Waals surface area (Å²) < 4.78 is 10.6. The van der Waals surface area contributed by atoms with Crippen LogP contribution >= 0.6 is 0 Å². The first-order valence-corrected chi connectivity index (χ1v) is 28.5. The zero-order valence-corrected chi connectivity index (χ0v) is 55.7. The molecule has 0 aliphatic heterocycles. The Hall–Kier alpha value is -9.80. The molecule has 0 aliphatic rings. The van der Waals surface area contributed by atoms with Crippen LogP contribution in [-0.4, -0.2) is 41.8 Å². The largest absolute Gasteiger partial charge is 3.00 e. The van der Waals surface area contributed by atoms with Crippen LogP contribution in [0.25, 0.3) is 67.5 Å². The summed E-state index contributed by atoms with van der Waals surface area (Å²) in [4.78, 5) is 48.8. The van der Waals surface area contributed by atoms with E-state index in [1.807, 2.05) is 241 Å². The van der Waals surface area contributed by atoms with Gasteiger partial charge in [-0.25, -0.2) is 4.79 Å². The summed E-state index contributed by atoms with van der Waals surface area (Å²) in [6.45, 7) is 14.9. The Balaban J connectivity index is 0.000000231. The summed E-state index contributed by atoms with van der Waals surface area (Å²) >= 11 is 0. The Kier molecular flexibility index (Phi) is 33.4. The summed E-state index contributed by atoms with van der Waals surface area (Å²) in [6, 6.07) is 95.0. The molecule has 0 bridgehead atoms. The van der Waals surface area contributed by atoms with Crippen molar-refractivity contribution in [2.45, 2.75) is 48.0 Å². The zero-order chi connectivity index (χ0) is 62.4. The van der Waals surface area contributed by atoms with Crippen molar-refractivity contribution in [3.8, 4) is 79.0 Å². The predicted octanol–water partition coefficient (Wildman–Crippen LogP) is 18.1. The molecule has 0 aliphatic carbocycles. The van der Waals surface area contributed by atoms with E-state index in [1.54, 1.807) is 80.5 Å². The third kappa shape index (κ3) is 25.5. The van der Waals surface area contributed by atoms with Crippen molar-refractivity contribution in [3.63, 3.8) is 0 Å². The molecule has 452 valence electrons. The van der Waals surface area contributed by atoms with Gasteiger partial charge in [0, 0.05) is 42.8 Å². The molecule has 12 aromatic rings. The first-order valence-electron chi connectivity index (χ1n) is 28.5. The van der Waals surface area contributed by atoms with Crippen LogP contribution in [0.15, 0.2) is 292 Å². The van der Waals surface area contributed by atoms with Crippen molar-refractivity contribution < 1.29 is 59.3 Å². The minimum atomic E-state index is -0.481. The Bertz CT molecular complexity index is 3420. The van der Waals surface area contributed by atoms with E-state index in [1.165, 1.54) is 0 Å². The number of carbonyl (C=O) groups is 2. The van der Waals surface area contributed by atoms with Gasteiger partial charge in [0.1, 0.15) is 0 Å². The summed E-state index contributed by atoms with van der Waals surface area (Å²) in [5.41, 5.74) is 11.1. The number of rotatable bonds is 11. The second-order valence-electron chi connectivity index (χ2n) is 19.1. The van der Waals surface area contributed by atoms with Crippen LogP contribution in [0.3, 0.4) is 0 Å². The SMILES string of the molecule is C=C(C)C(=O)Oc1cc[c-]c(-c2ccccn2)c1.CC.CCC(C)(C)C(=O)Oc1cc[c-]c(-c2ccccn2)c1.[Ir+3].[Ir+3].[c-]1ccccc1-c1ccccn1.[c-]1ccccc1-c1ccccn1.[c-]1ccccc1-c1ccccn1.[c-]1ccccc1-c1ccccn1. The van der Waals surface area contributed by atoms with E-state index >= 15 is 0 Å². The van der Waals surface area contributed by atoms with E-state index in [2.05, 4.69) is 72.9 Å². The molecule has 12 rings (SSSR count). The van der Waals surface area contributed by atoms with E-state index in [0.717, 1.165) is 74.0 Å². The van der Waals surface area contributed by atoms with Gasteiger partial charge in [0.25, 0.3) is 0 Å². The van der Waals surface area contributed by atoms with Crippen LogP contribution in [0.1, 0.15) is 48.0 Å². The molecule has 0 unspecified atom stereocenters. The molecule has 6 aromatic carbocycles.